The van der Waals surface area contributed by atoms with E-state index >= 15 is 0 Å². The van der Waals surface area contributed by atoms with E-state index in [1.54, 1.807) is 18.2 Å². The van der Waals surface area contributed by atoms with Crippen molar-refractivity contribution in [2.75, 3.05) is 32.8 Å². The molecule has 0 bridgehead atoms. The van der Waals surface area contributed by atoms with Gasteiger partial charge in [-0.2, -0.15) is 0 Å². The van der Waals surface area contributed by atoms with Gasteiger partial charge in [0.2, 0.25) is 11.8 Å². The van der Waals surface area contributed by atoms with Crippen LogP contribution in [0, 0.1) is 5.92 Å². The van der Waals surface area contributed by atoms with Gasteiger partial charge in [0, 0.05) is 39.3 Å². The SMILES string of the molecule is O=C1CCC(N2C(=O)c3ccc(C4(O)CCN(CC5CCOCC5)CC4)cc3C2=O)C(=O)N1. The average Bonchev–Trinajstić information content (AvgIpc) is 3.06. The molecule has 0 radical (unpaired) electrons. The minimum Gasteiger partial charge on any atom is -0.385 e. The first-order chi connectivity index (χ1) is 15.9. The Bertz CT molecular complexity index is 994. The van der Waals surface area contributed by atoms with Crippen LogP contribution >= 0.6 is 0 Å². The number of nitrogens with one attached hydrogen (secondary N) is 1. The molecule has 33 heavy (non-hydrogen) atoms. The summed E-state index contributed by atoms with van der Waals surface area (Å²) < 4.78 is 5.44. The summed E-state index contributed by atoms with van der Waals surface area (Å²) in [7, 11) is 0. The lowest BCUT2D eigenvalue weighted by molar-refractivity contribution is -0.136. The first-order valence-electron chi connectivity index (χ1n) is 11.7. The molecule has 9 nitrogen and oxygen atoms in total. The lowest BCUT2D eigenvalue weighted by atomic mass is 9.83. The highest BCUT2D eigenvalue weighted by atomic mass is 16.5. The van der Waals surface area contributed by atoms with E-state index in [0.717, 1.165) is 50.6 Å². The summed E-state index contributed by atoms with van der Waals surface area (Å²) in [6.45, 7) is 4.18. The number of amides is 4. The number of likely N-dealkylation sites (tertiary alicyclic amines) is 1. The second-order valence-electron chi connectivity index (χ2n) is 9.60. The lowest BCUT2D eigenvalue weighted by Gasteiger charge is -2.40. The van der Waals surface area contributed by atoms with Crippen LogP contribution in [0.25, 0.3) is 0 Å². The van der Waals surface area contributed by atoms with Crippen molar-refractivity contribution < 1.29 is 29.0 Å². The van der Waals surface area contributed by atoms with Crippen LogP contribution in [0.2, 0.25) is 0 Å². The average molecular weight is 456 g/mol. The number of benzene rings is 1. The van der Waals surface area contributed by atoms with E-state index in [1.165, 1.54) is 0 Å². The molecule has 4 aliphatic heterocycles. The molecule has 4 amide bonds. The molecule has 3 saturated heterocycles. The van der Waals surface area contributed by atoms with Gasteiger partial charge >= 0.3 is 0 Å². The highest BCUT2D eigenvalue weighted by Crippen LogP contribution is 2.37. The van der Waals surface area contributed by atoms with Crippen molar-refractivity contribution in [1.29, 1.82) is 0 Å². The van der Waals surface area contributed by atoms with E-state index in [1.807, 2.05) is 0 Å². The Labute approximate surface area is 192 Å². The van der Waals surface area contributed by atoms with Crippen molar-refractivity contribution in [3.63, 3.8) is 0 Å². The van der Waals surface area contributed by atoms with Crippen molar-refractivity contribution >= 4 is 23.6 Å². The monoisotopic (exact) mass is 455 g/mol. The van der Waals surface area contributed by atoms with E-state index in [2.05, 4.69) is 10.2 Å². The topological polar surface area (TPSA) is 116 Å². The van der Waals surface area contributed by atoms with E-state index in [-0.39, 0.29) is 24.0 Å². The number of carbonyl (C=O) groups is 4. The maximum atomic E-state index is 13.1. The smallest absolute Gasteiger partial charge is 0.262 e. The fourth-order valence-corrected chi connectivity index (χ4v) is 5.45. The third-order valence-corrected chi connectivity index (χ3v) is 7.52. The van der Waals surface area contributed by atoms with Gasteiger partial charge in [-0.05, 0) is 55.7 Å². The Hall–Kier alpha value is -2.62. The summed E-state index contributed by atoms with van der Waals surface area (Å²) in [5.74, 6) is -1.48. The minimum atomic E-state index is -1.06. The van der Waals surface area contributed by atoms with Crippen molar-refractivity contribution in [2.45, 2.75) is 50.2 Å². The Morgan fingerprint density at radius 3 is 2.39 bits per heavy atom. The molecular weight excluding hydrogens is 426 g/mol. The minimum absolute atomic E-state index is 0.0825. The van der Waals surface area contributed by atoms with Gasteiger partial charge in [0.1, 0.15) is 6.04 Å². The zero-order chi connectivity index (χ0) is 23.2. The van der Waals surface area contributed by atoms with Crippen LogP contribution < -0.4 is 5.32 Å². The summed E-state index contributed by atoms with van der Waals surface area (Å²) in [6, 6.07) is 3.90. The Kier molecular flexibility index (Phi) is 5.80. The van der Waals surface area contributed by atoms with Gasteiger partial charge in [-0.1, -0.05) is 6.07 Å². The van der Waals surface area contributed by atoms with Crippen molar-refractivity contribution in [1.82, 2.24) is 15.1 Å². The molecule has 0 aromatic heterocycles. The van der Waals surface area contributed by atoms with Gasteiger partial charge in [-0.15, -0.1) is 0 Å². The highest BCUT2D eigenvalue weighted by molar-refractivity contribution is 6.23. The highest BCUT2D eigenvalue weighted by Gasteiger charge is 2.45. The Morgan fingerprint density at radius 1 is 1.00 bits per heavy atom. The molecule has 2 N–H and O–H groups in total. The quantitative estimate of drug-likeness (QED) is 0.645. The first-order valence-corrected chi connectivity index (χ1v) is 11.7. The van der Waals surface area contributed by atoms with Gasteiger partial charge in [0.15, 0.2) is 0 Å². The zero-order valence-corrected chi connectivity index (χ0v) is 18.5. The third-order valence-electron chi connectivity index (χ3n) is 7.52. The fourth-order valence-electron chi connectivity index (χ4n) is 5.45. The van der Waals surface area contributed by atoms with E-state index in [0.29, 0.717) is 24.3 Å². The fraction of sp³-hybridized carbons (Fsp3) is 0.583. The predicted molar refractivity (Wildman–Crippen MR) is 116 cm³/mol. The van der Waals surface area contributed by atoms with Crippen LogP contribution in [-0.4, -0.2) is 77.4 Å². The molecule has 1 aromatic carbocycles. The molecule has 1 unspecified atom stereocenters. The number of carbonyl (C=O) groups excluding carboxylic acids is 4. The molecule has 0 aliphatic carbocycles. The van der Waals surface area contributed by atoms with Gasteiger partial charge in [0.05, 0.1) is 16.7 Å². The summed E-state index contributed by atoms with van der Waals surface area (Å²) >= 11 is 0. The Morgan fingerprint density at radius 2 is 1.70 bits per heavy atom. The van der Waals surface area contributed by atoms with Gasteiger partial charge in [0.25, 0.3) is 11.8 Å². The molecular formula is C24H29N3O6. The zero-order valence-electron chi connectivity index (χ0n) is 18.5. The van der Waals surface area contributed by atoms with Crippen molar-refractivity contribution in [3.05, 3.63) is 34.9 Å². The van der Waals surface area contributed by atoms with E-state index in [4.69, 9.17) is 4.74 Å². The molecule has 176 valence electrons. The number of nitrogens with zero attached hydrogens (tertiary/aromatic N) is 2. The standard InChI is InChI=1S/C24H29N3O6/c28-20-4-3-19(21(29)25-20)27-22(30)17-2-1-16(13-18(17)23(27)31)24(32)7-9-26(10-8-24)14-15-5-11-33-12-6-15/h1-2,13,15,19,32H,3-12,14H2,(H,25,28,29). The third kappa shape index (κ3) is 4.09. The molecule has 1 aromatic rings. The van der Waals surface area contributed by atoms with Gasteiger partial charge in [-0.25, -0.2) is 0 Å². The number of rotatable bonds is 4. The molecule has 0 saturated carbocycles. The maximum absolute atomic E-state index is 13.1. The number of ether oxygens (including phenoxy) is 1. The summed E-state index contributed by atoms with van der Waals surface area (Å²) in [4.78, 5) is 53.0. The number of piperidine rings is 2. The molecule has 0 spiro atoms. The molecule has 3 fully saturated rings. The second-order valence-corrected chi connectivity index (χ2v) is 9.60. The van der Waals surface area contributed by atoms with Crippen LogP contribution in [0.4, 0.5) is 0 Å². The van der Waals surface area contributed by atoms with Crippen LogP contribution in [0.15, 0.2) is 18.2 Å². The van der Waals surface area contributed by atoms with E-state index in [9.17, 15) is 24.3 Å². The van der Waals surface area contributed by atoms with Gasteiger partial charge in [-0.3, -0.25) is 29.4 Å². The molecule has 4 aliphatic rings. The van der Waals surface area contributed by atoms with Crippen LogP contribution in [0.1, 0.15) is 64.8 Å². The summed E-state index contributed by atoms with van der Waals surface area (Å²) in [5, 5.41) is 13.6. The number of imide groups is 2. The van der Waals surface area contributed by atoms with Gasteiger partial charge < -0.3 is 14.7 Å². The molecule has 9 heteroatoms. The summed E-state index contributed by atoms with van der Waals surface area (Å²) in [6.07, 6.45) is 3.45. The van der Waals surface area contributed by atoms with Crippen LogP contribution in [0.3, 0.4) is 0 Å². The normalized spacial score (nSPS) is 26.5. The lowest BCUT2D eigenvalue weighted by Crippen LogP contribution is -2.54. The maximum Gasteiger partial charge on any atom is 0.262 e. The number of fused-ring (bicyclic) bond motifs is 1. The molecule has 5 rings (SSSR count). The number of hydrogen-bond donors (Lipinski definition) is 2. The molecule has 1 atom stereocenters. The van der Waals surface area contributed by atoms with Crippen molar-refractivity contribution in [2.24, 2.45) is 5.92 Å². The first kappa shape index (κ1) is 22.2. The Balaban J connectivity index is 1.29. The van der Waals surface area contributed by atoms with Crippen molar-refractivity contribution in [3.8, 4) is 0 Å². The summed E-state index contributed by atoms with van der Waals surface area (Å²) in [5.41, 5.74) is -0.000407. The molecule has 4 heterocycles. The van der Waals surface area contributed by atoms with Crippen LogP contribution in [0.5, 0.6) is 0 Å². The number of aliphatic hydroxyl groups is 1. The largest absolute Gasteiger partial charge is 0.385 e. The second kappa shape index (κ2) is 8.62. The predicted octanol–water partition coefficient (Wildman–Crippen LogP) is 0.798. The number of hydrogen-bond acceptors (Lipinski definition) is 7. The van der Waals surface area contributed by atoms with E-state index < -0.39 is 35.3 Å². The van der Waals surface area contributed by atoms with Crippen LogP contribution in [-0.2, 0) is 19.9 Å².